The van der Waals surface area contributed by atoms with Crippen LogP contribution in [0.3, 0.4) is 0 Å². The molecule has 2 unspecified atom stereocenters. The van der Waals surface area contributed by atoms with E-state index in [-0.39, 0.29) is 22.8 Å². The molecule has 23 heavy (non-hydrogen) atoms. The molecule has 0 aromatic carbocycles. The number of nitrogens with one attached hydrogen (secondary N) is 1. The van der Waals surface area contributed by atoms with E-state index in [1.54, 1.807) is 0 Å². The van der Waals surface area contributed by atoms with Gasteiger partial charge >= 0.3 is 0 Å². The van der Waals surface area contributed by atoms with E-state index in [4.69, 9.17) is 5.53 Å². The fourth-order valence-corrected chi connectivity index (χ4v) is 6.11. The molecule has 0 saturated heterocycles. The van der Waals surface area contributed by atoms with Gasteiger partial charge in [0.2, 0.25) is 0 Å². The molecule has 0 radical (unpaired) electrons. The highest BCUT2D eigenvalue weighted by Crippen LogP contribution is 2.64. The van der Waals surface area contributed by atoms with Crippen LogP contribution in [0.4, 0.5) is 0 Å². The highest BCUT2D eigenvalue weighted by molar-refractivity contribution is 5.56. The third-order valence-electron chi connectivity index (χ3n) is 7.60. The molecular formula is C20H26N2O. The molecule has 0 bridgehead atoms. The molecule has 2 saturated carbocycles. The molecule has 0 spiro atoms. The molecule has 0 amide bonds. The van der Waals surface area contributed by atoms with Crippen molar-refractivity contribution in [3.63, 3.8) is 0 Å². The number of rotatable bonds is 2. The van der Waals surface area contributed by atoms with E-state index in [2.05, 4.69) is 49.3 Å². The third kappa shape index (κ3) is 1.91. The van der Waals surface area contributed by atoms with Gasteiger partial charge in [0.05, 0.1) is 0 Å². The van der Waals surface area contributed by atoms with E-state index >= 15 is 0 Å². The fourth-order valence-electron chi connectivity index (χ4n) is 6.11. The molecule has 4 aliphatic rings. The number of hydrogen-bond acceptors (Lipinski definition) is 3. The summed E-state index contributed by atoms with van der Waals surface area (Å²) in [5.74, 6) is 2.08. The highest BCUT2D eigenvalue weighted by atomic mass is 16.1. The minimum Gasteiger partial charge on any atom is -0.303 e. The van der Waals surface area contributed by atoms with Gasteiger partial charge in [0.25, 0.3) is 0 Å². The summed E-state index contributed by atoms with van der Waals surface area (Å²) in [6, 6.07) is -0.0981. The SMILES string of the molecule is C[C@]12C=CC(N=N)C=C1C=C[C@@H]1[C@@H]2CC[C@]2(C)C(C=O)CC[C@@H]12. The minimum absolute atomic E-state index is 0.0706. The zero-order valence-corrected chi connectivity index (χ0v) is 14.0. The van der Waals surface area contributed by atoms with Crippen LogP contribution in [0, 0.1) is 40.0 Å². The van der Waals surface area contributed by atoms with Crippen molar-refractivity contribution in [2.24, 2.45) is 39.6 Å². The van der Waals surface area contributed by atoms with Crippen molar-refractivity contribution < 1.29 is 4.79 Å². The number of allylic oxidation sites excluding steroid dienone is 4. The first-order chi connectivity index (χ1) is 11.0. The molecule has 0 aromatic rings. The standard InChI is InChI=1S/C20H26N2O/c1-19-9-7-15(22-21)11-13(19)3-5-16-17-6-4-14(12-23)20(17,2)10-8-18(16)19/h3,5,7,9,11-12,14-18,21H,4,6,8,10H2,1-2H3/t14?,15?,16-,17-,18-,19-,20+/m0/s1. The van der Waals surface area contributed by atoms with Gasteiger partial charge in [0.15, 0.2) is 0 Å². The zero-order chi connectivity index (χ0) is 16.2. The molecular weight excluding hydrogens is 284 g/mol. The van der Waals surface area contributed by atoms with Gasteiger partial charge in [-0.2, -0.15) is 5.11 Å². The van der Waals surface area contributed by atoms with Crippen molar-refractivity contribution in [2.45, 2.75) is 45.6 Å². The van der Waals surface area contributed by atoms with E-state index < -0.39 is 0 Å². The van der Waals surface area contributed by atoms with Crippen LogP contribution in [0.2, 0.25) is 0 Å². The molecule has 1 N–H and O–H groups in total. The first-order valence-corrected chi connectivity index (χ1v) is 8.94. The molecule has 0 aliphatic heterocycles. The summed E-state index contributed by atoms with van der Waals surface area (Å²) in [5, 5.41) is 3.67. The largest absolute Gasteiger partial charge is 0.303 e. The normalized spacial score (nSPS) is 50.5. The van der Waals surface area contributed by atoms with Gasteiger partial charge in [-0.05, 0) is 54.4 Å². The van der Waals surface area contributed by atoms with Crippen LogP contribution in [0.25, 0.3) is 0 Å². The topological polar surface area (TPSA) is 53.3 Å². The molecule has 4 rings (SSSR count). The maximum Gasteiger partial charge on any atom is 0.123 e. The Balaban J connectivity index is 1.73. The number of nitrogens with zero attached hydrogens (tertiary/aromatic N) is 1. The van der Waals surface area contributed by atoms with Crippen molar-refractivity contribution in [1.29, 1.82) is 5.53 Å². The summed E-state index contributed by atoms with van der Waals surface area (Å²) >= 11 is 0. The maximum atomic E-state index is 11.5. The van der Waals surface area contributed by atoms with Crippen LogP contribution in [-0.2, 0) is 4.79 Å². The summed E-state index contributed by atoms with van der Waals surface area (Å²) in [6.07, 6.45) is 17.1. The van der Waals surface area contributed by atoms with Crippen LogP contribution in [-0.4, -0.2) is 12.3 Å². The number of carbonyl (C=O) groups excluding carboxylic acids is 1. The Morgan fingerprint density at radius 2 is 2.04 bits per heavy atom. The number of hydrogen-bond donors (Lipinski definition) is 1. The third-order valence-corrected chi connectivity index (χ3v) is 7.60. The molecule has 3 nitrogen and oxygen atoms in total. The average Bonchev–Trinajstić information content (AvgIpc) is 2.90. The van der Waals surface area contributed by atoms with E-state index in [0.717, 1.165) is 6.42 Å². The van der Waals surface area contributed by atoms with Gasteiger partial charge in [-0.1, -0.05) is 44.2 Å². The molecule has 0 heterocycles. The highest BCUT2D eigenvalue weighted by Gasteiger charge is 2.57. The molecule has 122 valence electrons. The Hall–Kier alpha value is -1.51. The molecule has 0 aromatic heterocycles. The second-order valence-electron chi connectivity index (χ2n) is 8.40. The van der Waals surface area contributed by atoms with Gasteiger partial charge in [-0.3, -0.25) is 0 Å². The van der Waals surface area contributed by atoms with Gasteiger partial charge in [0, 0.05) is 11.3 Å². The van der Waals surface area contributed by atoms with Crippen LogP contribution >= 0.6 is 0 Å². The average molecular weight is 310 g/mol. The van der Waals surface area contributed by atoms with E-state index in [1.165, 1.54) is 31.1 Å². The van der Waals surface area contributed by atoms with E-state index in [0.29, 0.717) is 17.8 Å². The second-order valence-corrected chi connectivity index (χ2v) is 8.40. The van der Waals surface area contributed by atoms with Gasteiger partial charge < -0.3 is 4.79 Å². The number of carbonyl (C=O) groups is 1. The summed E-state index contributed by atoms with van der Waals surface area (Å²) in [4.78, 5) is 11.5. The Kier molecular flexibility index (Phi) is 3.26. The minimum atomic E-state index is -0.0981. The molecule has 7 atom stereocenters. The Labute approximate surface area is 138 Å². The lowest BCUT2D eigenvalue weighted by molar-refractivity contribution is -0.116. The quantitative estimate of drug-likeness (QED) is 0.448. The number of fused-ring (bicyclic) bond motifs is 5. The second kappa shape index (κ2) is 4.99. The maximum absolute atomic E-state index is 11.5. The lowest BCUT2D eigenvalue weighted by atomic mass is 9.49. The lowest BCUT2D eigenvalue weighted by Gasteiger charge is -2.54. The Morgan fingerprint density at radius 1 is 1.22 bits per heavy atom. The van der Waals surface area contributed by atoms with Crippen LogP contribution in [0.1, 0.15) is 39.5 Å². The van der Waals surface area contributed by atoms with Crippen LogP contribution in [0.5, 0.6) is 0 Å². The first kappa shape index (κ1) is 15.0. The smallest absolute Gasteiger partial charge is 0.123 e. The van der Waals surface area contributed by atoms with Crippen molar-refractivity contribution in [3.05, 3.63) is 36.0 Å². The summed E-state index contributed by atoms with van der Waals surface area (Å²) in [5.41, 5.74) is 8.88. The van der Waals surface area contributed by atoms with E-state index in [1.807, 2.05) is 0 Å². The first-order valence-electron chi connectivity index (χ1n) is 8.94. The zero-order valence-electron chi connectivity index (χ0n) is 14.0. The van der Waals surface area contributed by atoms with Gasteiger partial charge in [0.1, 0.15) is 12.3 Å². The number of aldehydes is 1. The van der Waals surface area contributed by atoms with Crippen LogP contribution < -0.4 is 0 Å². The summed E-state index contributed by atoms with van der Waals surface area (Å²) < 4.78 is 0. The molecule has 3 heteroatoms. The summed E-state index contributed by atoms with van der Waals surface area (Å²) in [6.45, 7) is 4.71. The van der Waals surface area contributed by atoms with Crippen molar-refractivity contribution in [2.75, 3.05) is 0 Å². The van der Waals surface area contributed by atoms with Gasteiger partial charge in [-0.15, -0.1) is 0 Å². The van der Waals surface area contributed by atoms with Gasteiger partial charge in [-0.25, -0.2) is 5.53 Å². The van der Waals surface area contributed by atoms with Crippen molar-refractivity contribution >= 4 is 6.29 Å². The Bertz CT molecular complexity index is 634. The predicted octanol–water partition coefficient (Wildman–Crippen LogP) is 4.72. The molecule has 2 fully saturated rings. The van der Waals surface area contributed by atoms with E-state index in [9.17, 15) is 4.79 Å². The van der Waals surface area contributed by atoms with Crippen molar-refractivity contribution in [1.82, 2.24) is 0 Å². The molecule has 4 aliphatic carbocycles. The monoisotopic (exact) mass is 310 g/mol. The lowest BCUT2D eigenvalue weighted by Crippen LogP contribution is -2.48. The predicted molar refractivity (Wildman–Crippen MR) is 90.0 cm³/mol. The van der Waals surface area contributed by atoms with Crippen molar-refractivity contribution in [3.8, 4) is 0 Å². The Morgan fingerprint density at radius 3 is 2.78 bits per heavy atom. The fraction of sp³-hybridized carbons (Fsp3) is 0.650. The van der Waals surface area contributed by atoms with Crippen LogP contribution in [0.15, 0.2) is 41.1 Å². The summed E-state index contributed by atoms with van der Waals surface area (Å²) in [7, 11) is 0.